The average molecular weight is 248 g/mol. The first-order chi connectivity index (χ1) is 8.41. The van der Waals surface area contributed by atoms with Crippen LogP contribution >= 0.6 is 0 Å². The summed E-state index contributed by atoms with van der Waals surface area (Å²) in [5.41, 5.74) is 2.31. The van der Waals surface area contributed by atoms with Crippen LogP contribution in [0.15, 0.2) is 30.5 Å². The Hall–Kier alpha value is -1.77. The van der Waals surface area contributed by atoms with Crippen LogP contribution < -0.4 is 0 Å². The van der Waals surface area contributed by atoms with Gasteiger partial charge in [-0.05, 0) is 16.5 Å². The Kier molecular flexibility index (Phi) is 4.54. The second kappa shape index (κ2) is 5.71. The van der Waals surface area contributed by atoms with Crippen LogP contribution in [0.1, 0.15) is 31.9 Å². The van der Waals surface area contributed by atoms with Crippen molar-refractivity contribution in [2.24, 2.45) is 0 Å². The van der Waals surface area contributed by atoms with Gasteiger partial charge in [0.15, 0.2) is 0 Å². The third-order valence-corrected chi connectivity index (χ3v) is 2.67. The standard InChI is InChI=1S/C15H20O3/c1-15(2,3)13-9-7-6-8-11(13)12(10-17-4)14(16)18-5/h6-10H,1-5H3/b12-10+. The second-order valence-corrected chi connectivity index (χ2v) is 5.05. The van der Waals surface area contributed by atoms with Crippen LogP contribution in [0.5, 0.6) is 0 Å². The Balaban J connectivity index is 3.39. The van der Waals surface area contributed by atoms with Gasteiger partial charge in [-0.3, -0.25) is 0 Å². The minimum absolute atomic E-state index is 0.0581. The third-order valence-electron chi connectivity index (χ3n) is 2.67. The average Bonchev–Trinajstić information content (AvgIpc) is 2.34. The van der Waals surface area contributed by atoms with Crippen LogP contribution in [-0.2, 0) is 19.7 Å². The van der Waals surface area contributed by atoms with Gasteiger partial charge in [0.2, 0.25) is 0 Å². The Morgan fingerprint density at radius 2 is 1.78 bits per heavy atom. The summed E-state index contributed by atoms with van der Waals surface area (Å²) in [5.74, 6) is -0.395. The van der Waals surface area contributed by atoms with Crippen LogP contribution in [0.2, 0.25) is 0 Å². The van der Waals surface area contributed by atoms with Crippen molar-refractivity contribution < 1.29 is 14.3 Å². The van der Waals surface area contributed by atoms with E-state index in [0.29, 0.717) is 5.57 Å². The topological polar surface area (TPSA) is 35.5 Å². The number of rotatable bonds is 3. The van der Waals surface area contributed by atoms with Crippen LogP contribution in [-0.4, -0.2) is 20.2 Å². The van der Waals surface area contributed by atoms with Crippen molar-refractivity contribution in [1.29, 1.82) is 0 Å². The number of carbonyl (C=O) groups excluding carboxylic acids is 1. The highest BCUT2D eigenvalue weighted by atomic mass is 16.5. The fourth-order valence-corrected chi connectivity index (χ4v) is 1.82. The molecule has 3 nitrogen and oxygen atoms in total. The molecule has 18 heavy (non-hydrogen) atoms. The number of carbonyl (C=O) groups is 1. The Labute approximate surface area is 108 Å². The first kappa shape index (κ1) is 14.3. The summed E-state index contributed by atoms with van der Waals surface area (Å²) in [6.07, 6.45) is 1.43. The summed E-state index contributed by atoms with van der Waals surface area (Å²) < 4.78 is 9.79. The quantitative estimate of drug-likeness (QED) is 0.468. The molecule has 0 fully saturated rings. The van der Waals surface area contributed by atoms with Crippen molar-refractivity contribution in [3.63, 3.8) is 0 Å². The van der Waals surface area contributed by atoms with Crippen molar-refractivity contribution >= 4 is 11.5 Å². The smallest absolute Gasteiger partial charge is 0.341 e. The lowest BCUT2D eigenvalue weighted by Gasteiger charge is -2.23. The maximum Gasteiger partial charge on any atom is 0.341 e. The van der Waals surface area contributed by atoms with Gasteiger partial charge in [0.25, 0.3) is 0 Å². The van der Waals surface area contributed by atoms with Crippen molar-refractivity contribution in [1.82, 2.24) is 0 Å². The molecule has 0 radical (unpaired) electrons. The summed E-state index contributed by atoms with van der Waals surface area (Å²) in [7, 11) is 2.88. The van der Waals surface area contributed by atoms with E-state index < -0.39 is 5.97 Å². The van der Waals surface area contributed by atoms with Crippen LogP contribution in [0, 0.1) is 0 Å². The van der Waals surface area contributed by atoms with Gasteiger partial charge in [-0.15, -0.1) is 0 Å². The SMILES string of the molecule is CO/C=C(/C(=O)OC)c1ccccc1C(C)(C)C. The molecule has 0 amide bonds. The summed E-state index contributed by atoms with van der Waals surface area (Å²) in [6, 6.07) is 7.78. The van der Waals surface area contributed by atoms with Gasteiger partial charge in [0.05, 0.1) is 20.5 Å². The van der Waals surface area contributed by atoms with Crippen LogP contribution in [0.25, 0.3) is 5.57 Å². The van der Waals surface area contributed by atoms with Gasteiger partial charge in [0, 0.05) is 0 Å². The molecule has 0 N–H and O–H groups in total. The molecule has 0 heterocycles. The second-order valence-electron chi connectivity index (χ2n) is 5.05. The first-order valence-electron chi connectivity index (χ1n) is 5.83. The van der Waals surface area contributed by atoms with E-state index in [-0.39, 0.29) is 5.41 Å². The molecule has 0 spiro atoms. The monoisotopic (exact) mass is 248 g/mol. The van der Waals surface area contributed by atoms with Gasteiger partial charge in [-0.25, -0.2) is 4.79 Å². The van der Waals surface area contributed by atoms with Crippen molar-refractivity contribution in [2.45, 2.75) is 26.2 Å². The molecule has 0 aromatic heterocycles. The maximum atomic E-state index is 11.8. The number of esters is 1. The third kappa shape index (κ3) is 3.13. The van der Waals surface area contributed by atoms with Gasteiger partial charge >= 0.3 is 5.97 Å². The predicted octanol–water partition coefficient (Wildman–Crippen LogP) is 3.14. The number of hydrogen-bond donors (Lipinski definition) is 0. The normalized spacial score (nSPS) is 12.2. The molecule has 1 rings (SSSR count). The molecule has 1 aromatic rings. The minimum Gasteiger partial charge on any atom is -0.503 e. The fourth-order valence-electron chi connectivity index (χ4n) is 1.82. The van der Waals surface area contributed by atoms with E-state index in [4.69, 9.17) is 9.47 Å². The van der Waals surface area contributed by atoms with E-state index in [1.807, 2.05) is 24.3 Å². The first-order valence-corrected chi connectivity index (χ1v) is 5.83. The molecule has 0 saturated heterocycles. The molecule has 0 aliphatic carbocycles. The molecule has 0 saturated carbocycles. The zero-order chi connectivity index (χ0) is 13.8. The lowest BCUT2D eigenvalue weighted by Crippen LogP contribution is -2.16. The van der Waals surface area contributed by atoms with E-state index in [2.05, 4.69) is 20.8 Å². The summed E-state index contributed by atoms with van der Waals surface area (Å²) >= 11 is 0. The highest BCUT2D eigenvalue weighted by molar-refractivity contribution is 6.16. The molecule has 1 aromatic carbocycles. The van der Waals surface area contributed by atoms with E-state index >= 15 is 0 Å². The molecular formula is C15H20O3. The Morgan fingerprint density at radius 3 is 2.28 bits per heavy atom. The number of hydrogen-bond acceptors (Lipinski definition) is 3. The molecule has 0 atom stereocenters. The van der Waals surface area contributed by atoms with Crippen molar-refractivity contribution in [3.8, 4) is 0 Å². The summed E-state index contributed by atoms with van der Waals surface area (Å²) in [5, 5.41) is 0. The van der Waals surface area contributed by atoms with Crippen molar-refractivity contribution in [3.05, 3.63) is 41.7 Å². The van der Waals surface area contributed by atoms with Crippen LogP contribution in [0.3, 0.4) is 0 Å². The lowest BCUT2D eigenvalue weighted by molar-refractivity contribution is -0.133. The largest absolute Gasteiger partial charge is 0.503 e. The highest BCUT2D eigenvalue weighted by Gasteiger charge is 2.23. The Morgan fingerprint density at radius 1 is 1.17 bits per heavy atom. The van der Waals surface area contributed by atoms with E-state index in [0.717, 1.165) is 11.1 Å². The Bertz CT molecular complexity index is 453. The molecule has 98 valence electrons. The molecular weight excluding hydrogens is 228 g/mol. The molecule has 0 bridgehead atoms. The highest BCUT2D eigenvalue weighted by Crippen LogP contribution is 2.30. The van der Waals surface area contributed by atoms with Crippen molar-refractivity contribution in [2.75, 3.05) is 14.2 Å². The predicted molar refractivity (Wildman–Crippen MR) is 72.1 cm³/mol. The minimum atomic E-state index is -0.395. The summed E-state index contributed by atoms with van der Waals surface area (Å²) in [6.45, 7) is 6.31. The summed E-state index contributed by atoms with van der Waals surface area (Å²) in [4.78, 5) is 11.8. The molecule has 3 heteroatoms. The molecule has 0 aliphatic rings. The van der Waals surface area contributed by atoms with Gasteiger partial charge in [0.1, 0.15) is 5.57 Å². The zero-order valence-electron chi connectivity index (χ0n) is 11.6. The zero-order valence-corrected chi connectivity index (χ0v) is 11.6. The number of ether oxygens (including phenoxy) is 2. The lowest BCUT2D eigenvalue weighted by atomic mass is 9.82. The van der Waals surface area contributed by atoms with Crippen LogP contribution in [0.4, 0.5) is 0 Å². The number of methoxy groups -OCH3 is 2. The van der Waals surface area contributed by atoms with Gasteiger partial charge in [-0.1, -0.05) is 45.0 Å². The molecule has 0 aliphatic heterocycles. The van der Waals surface area contributed by atoms with Gasteiger partial charge < -0.3 is 9.47 Å². The van der Waals surface area contributed by atoms with E-state index in [9.17, 15) is 4.79 Å². The van der Waals surface area contributed by atoms with Gasteiger partial charge in [-0.2, -0.15) is 0 Å². The van der Waals surface area contributed by atoms with E-state index in [1.54, 1.807) is 0 Å². The van der Waals surface area contributed by atoms with E-state index in [1.165, 1.54) is 20.5 Å². The molecule has 0 unspecified atom stereocenters. The number of benzene rings is 1. The maximum absolute atomic E-state index is 11.8. The fraction of sp³-hybridized carbons (Fsp3) is 0.400.